The van der Waals surface area contributed by atoms with E-state index in [1.165, 1.54) is 36.7 Å². The number of pyridine rings is 1. The van der Waals surface area contributed by atoms with Crippen molar-refractivity contribution in [3.05, 3.63) is 52.2 Å². The quantitative estimate of drug-likeness (QED) is 0.927. The van der Waals surface area contributed by atoms with Gasteiger partial charge in [-0.15, -0.1) is 0 Å². The molecule has 0 atom stereocenters. The topological polar surface area (TPSA) is 59.1 Å². The molecule has 0 unspecified atom stereocenters. The minimum atomic E-state index is -3.62. The van der Waals surface area contributed by atoms with Gasteiger partial charge in [-0.25, -0.2) is 8.42 Å². The fourth-order valence-electron chi connectivity index (χ4n) is 1.28. The van der Waals surface area contributed by atoms with Gasteiger partial charge in [0.25, 0.3) is 10.0 Å². The van der Waals surface area contributed by atoms with E-state index in [4.69, 9.17) is 11.6 Å². The SMILES string of the molecule is O=S(=O)(Nc1ccncc1Br)c1ccc(Cl)cc1. The van der Waals surface area contributed by atoms with Gasteiger partial charge >= 0.3 is 0 Å². The number of anilines is 1. The Balaban J connectivity index is 2.33. The van der Waals surface area contributed by atoms with Crippen LogP contribution in [0.25, 0.3) is 0 Å². The molecule has 0 aliphatic carbocycles. The van der Waals surface area contributed by atoms with Gasteiger partial charge in [0, 0.05) is 17.4 Å². The normalized spacial score (nSPS) is 11.2. The van der Waals surface area contributed by atoms with Gasteiger partial charge in [0.05, 0.1) is 15.1 Å². The summed E-state index contributed by atoms with van der Waals surface area (Å²) in [6.07, 6.45) is 3.02. The fraction of sp³-hybridized carbons (Fsp3) is 0. The summed E-state index contributed by atoms with van der Waals surface area (Å²) in [5.74, 6) is 0. The van der Waals surface area contributed by atoms with Crippen molar-refractivity contribution < 1.29 is 8.42 Å². The molecule has 94 valence electrons. The molecule has 1 aromatic heterocycles. The van der Waals surface area contributed by atoms with Crippen molar-refractivity contribution in [1.29, 1.82) is 0 Å². The third kappa shape index (κ3) is 3.01. The summed E-state index contributed by atoms with van der Waals surface area (Å²) in [4.78, 5) is 4.01. The second-order valence-corrected chi connectivity index (χ2v) is 6.39. The molecule has 4 nitrogen and oxygen atoms in total. The Morgan fingerprint density at radius 2 is 1.83 bits per heavy atom. The average molecular weight is 348 g/mol. The van der Waals surface area contributed by atoms with Crippen molar-refractivity contribution in [3.63, 3.8) is 0 Å². The van der Waals surface area contributed by atoms with Gasteiger partial charge in [-0.05, 0) is 46.3 Å². The van der Waals surface area contributed by atoms with Gasteiger partial charge in [0.1, 0.15) is 0 Å². The number of halogens is 2. The molecule has 2 aromatic rings. The Kier molecular flexibility index (Phi) is 3.89. The summed E-state index contributed by atoms with van der Waals surface area (Å²) in [5, 5.41) is 0.485. The maximum atomic E-state index is 12.1. The lowest BCUT2D eigenvalue weighted by atomic mass is 10.4. The van der Waals surface area contributed by atoms with E-state index in [2.05, 4.69) is 25.6 Å². The van der Waals surface area contributed by atoms with Crippen molar-refractivity contribution in [3.8, 4) is 0 Å². The molecule has 0 saturated carbocycles. The number of sulfonamides is 1. The lowest BCUT2D eigenvalue weighted by Gasteiger charge is -2.09. The smallest absolute Gasteiger partial charge is 0.261 e. The first kappa shape index (κ1) is 13.3. The highest BCUT2D eigenvalue weighted by atomic mass is 79.9. The van der Waals surface area contributed by atoms with Gasteiger partial charge < -0.3 is 0 Å². The van der Waals surface area contributed by atoms with Crippen molar-refractivity contribution in [2.45, 2.75) is 4.90 Å². The van der Waals surface area contributed by atoms with Crippen LogP contribution in [0.15, 0.2) is 52.1 Å². The van der Waals surface area contributed by atoms with Crippen molar-refractivity contribution in [2.75, 3.05) is 4.72 Å². The number of aromatic nitrogens is 1. The van der Waals surface area contributed by atoms with Crippen LogP contribution < -0.4 is 4.72 Å². The fourth-order valence-corrected chi connectivity index (χ4v) is 2.96. The van der Waals surface area contributed by atoms with Crippen LogP contribution in [0.2, 0.25) is 5.02 Å². The monoisotopic (exact) mass is 346 g/mol. The first-order valence-electron chi connectivity index (χ1n) is 4.87. The highest BCUT2D eigenvalue weighted by Crippen LogP contribution is 2.24. The Labute approximate surface area is 118 Å². The zero-order valence-corrected chi connectivity index (χ0v) is 12.1. The molecule has 18 heavy (non-hydrogen) atoms. The molecule has 0 fully saturated rings. The van der Waals surface area contributed by atoms with Gasteiger partial charge in [-0.3, -0.25) is 9.71 Å². The minimum absolute atomic E-state index is 0.149. The second kappa shape index (κ2) is 5.26. The number of hydrogen-bond acceptors (Lipinski definition) is 3. The molecule has 1 N–H and O–H groups in total. The van der Waals surface area contributed by atoms with Crippen LogP contribution in [0.1, 0.15) is 0 Å². The predicted octanol–water partition coefficient (Wildman–Crippen LogP) is 3.30. The van der Waals surface area contributed by atoms with Crippen LogP contribution in [0, 0.1) is 0 Å². The van der Waals surface area contributed by atoms with Crippen molar-refractivity contribution >= 4 is 43.2 Å². The van der Waals surface area contributed by atoms with Gasteiger partial charge in [-0.2, -0.15) is 0 Å². The Morgan fingerprint density at radius 1 is 1.17 bits per heavy atom. The van der Waals surface area contributed by atoms with Gasteiger partial charge in [0.2, 0.25) is 0 Å². The van der Waals surface area contributed by atoms with E-state index >= 15 is 0 Å². The maximum absolute atomic E-state index is 12.1. The third-order valence-corrected chi connectivity index (χ3v) is 4.41. The second-order valence-electron chi connectivity index (χ2n) is 3.41. The van der Waals surface area contributed by atoms with Gasteiger partial charge in [-0.1, -0.05) is 11.6 Å². The molecule has 0 radical (unpaired) electrons. The molecule has 1 aromatic carbocycles. The number of rotatable bonds is 3. The molecular formula is C11H8BrClN2O2S. The standard InChI is InChI=1S/C11H8BrClN2O2S/c12-10-7-14-6-5-11(10)15-18(16,17)9-3-1-8(13)2-4-9/h1-7H,(H,14,15). The third-order valence-electron chi connectivity index (χ3n) is 2.14. The molecule has 0 aliphatic rings. The van der Waals surface area contributed by atoms with Gasteiger partial charge in [0.15, 0.2) is 0 Å². The minimum Gasteiger partial charge on any atom is -0.278 e. The van der Waals surface area contributed by atoms with E-state index < -0.39 is 10.0 Å². The zero-order valence-electron chi connectivity index (χ0n) is 8.97. The summed E-state index contributed by atoms with van der Waals surface area (Å²) in [6, 6.07) is 7.51. The Bertz CT molecular complexity index is 659. The van der Waals surface area contributed by atoms with E-state index in [1.54, 1.807) is 6.07 Å². The van der Waals surface area contributed by atoms with E-state index in [0.717, 1.165) is 0 Å². The van der Waals surface area contributed by atoms with Crippen LogP contribution >= 0.6 is 27.5 Å². The predicted molar refractivity (Wildman–Crippen MR) is 74.2 cm³/mol. The number of benzene rings is 1. The lowest BCUT2D eigenvalue weighted by molar-refractivity contribution is 0.601. The number of nitrogens with zero attached hydrogens (tertiary/aromatic N) is 1. The first-order chi connectivity index (χ1) is 8.49. The molecule has 1 heterocycles. The van der Waals surface area contributed by atoms with Crippen LogP contribution in [0.3, 0.4) is 0 Å². The molecule has 0 bridgehead atoms. The van der Waals surface area contributed by atoms with Crippen LogP contribution in [-0.2, 0) is 10.0 Å². The largest absolute Gasteiger partial charge is 0.278 e. The summed E-state index contributed by atoms with van der Waals surface area (Å²) >= 11 is 8.94. The Morgan fingerprint density at radius 3 is 2.44 bits per heavy atom. The van der Waals surface area contributed by atoms with E-state index in [1.807, 2.05) is 0 Å². The van der Waals surface area contributed by atoms with E-state index in [0.29, 0.717) is 15.2 Å². The van der Waals surface area contributed by atoms with Crippen molar-refractivity contribution in [1.82, 2.24) is 4.98 Å². The Hall–Kier alpha value is -1.11. The lowest BCUT2D eigenvalue weighted by Crippen LogP contribution is -2.13. The zero-order chi connectivity index (χ0) is 13.2. The number of nitrogens with one attached hydrogen (secondary N) is 1. The maximum Gasteiger partial charge on any atom is 0.261 e. The average Bonchev–Trinajstić information content (AvgIpc) is 2.32. The first-order valence-corrected chi connectivity index (χ1v) is 7.52. The summed E-state index contributed by atoms with van der Waals surface area (Å²) in [5.41, 5.74) is 0.431. The molecule has 7 heteroatoms. The van der Waals surface area contributed by atoms with E-state index in [9.17, 15) is 8.42 Å². The molecule has 0 amide bonds. The van der Waals surface area contributed by atoms with E-state index in [-0.39, 0.29) is 4.90 Å². The molecular weight excluding hydrogens is 340 g/mol. The van der Waals surface area contributed by atoms with Crippen LogP contribution in [-0.4, -0.2) is 13.4 Å². The molecule has 0 aliphatic heterocycles. The highest BCUT2D eigenvalue weighted by Gasteiger charge is 2.15. The summed E-state index contributed by atoms with van der Waals surface area (Å²) < 4.78 is 27.2. The van der Waals surface area contributed by atoms with Crippen LogP contribution in [0.5, 0.6) is 0 Å². The molecule has 0 spiro atoms. The summed E-state index contributed by atoms with van der Waals surface area (Å²) in [7, 11) is -3.62. The highest BCUT2D eigenvalue weighted by molar-refractivity contribution is 9.10. The summed E-state index contributed by atoms with van der Waals surface area (Å²) in [6.45, 7) is 0. The van der Waals surface area contributed by atoms with Crippen LogP contribution in [0.4, 0.5) is 5.69 Å². The molecule has 0 saturated heterocycles. The molecule has 2 rings (SSSR count). The van der Waals surface area contributed by atoms with Crippen molar-refractivity contribution in [2.24, 2.45) is 0 Å². The number of hydrogen-bond donors (Lipinski definition) is 1.